The monoisotopic (exact) mass is 546 g/mol. The Hall–Kier alpha value is -2.14. The third-order valence-corrected chi connectivity index (χ3v) is 7.32. The van der Waals surface area contributed by atoms with E-state index in [0.717, 1.165) is 22.9 Å². The number of allylic oxidation sites excluding steroid dienone is 7. The summed E-state index contributed by atoms with van der Waals surface area (Å²) in [5.74, 6) is 0.306. The van der Waals surface area contributed by atoms with Crippen LogP contribution >= 0.6 is 15.9 Å². The minimum atomic E-state index is -0.432. The van der Waals surface area contributed by atoms with Crippen LogP contribution in [0.2, 0.25) is 0 Å². The van der Waals surface area contributed by atoms with Crippen molar-refractivity contribution in [3.63, 3.8) is 0 Å². The summed E-state index contributed by atoms with van der Waals surface area (Å²) in [5, 5.41) is 0. The number of esters is 1. The second-order valence-electron chi connectivity index (χ2n) is 9.63. The molecule has 0 aliphatic heterocycles. The number of carbonyl (C=O) groups is 1. The van der Waals surface area contributed by atoms with Gasteiger partial charge in [0.2, 0.25) is 0 Å². The molecule has 0 aromatic heterocycles. The molecule has 1 aromatic carbocycles. The van der Waals surface area contributed by atoms with E-state index in [0.29, 0.717) is 42.4 Å². The smallest absolute Gasteiger partial charge is 0.330 e. The van der Waals surface area contributed by atoms with Gasteiger partial charge in [-0.25, -0.2) is 9.18 Å². The van der Waals surface area contributed by atoms with Gasteiger partial charge in [-0.3, -0.25) is 0 Å². The highest BCUT2D eigenvalue weighted by Gasteiger charge is 2.34. The molecule has 35 heavy (non-hydrogen) atoms. The molecule has 1 atom stereocenters. The van der Waals surface area contributed by atoms with Crippen molar-refractivity contribution < 1.29 is 18.7 Å². The van der Waals surface area contributed by atoms with Gasteiger partial charge in [0, 0.05) is 11.6 Å². The summed E-state index contributed by atoms with van der Waals surface area (Å²) in [6, 6.07) is 2.12. The molecule has 0 N–H and O–H groups in total. The van der Waals surface area contributed by atoms with Crippen LogP contribution in [0.3, 0.4) is 0 Å². The molecule has 2 rings (SSSR count). The first kappa shape index (κ1) is 29.1. The van der Waals surface area contributed by atoms with Crippen molar-refractivity contribution in [3.05, 3.63) is 62.9 Å². The number of halogens is 2. The summed E-state index contributed by atoms with van der Waals surface area (Å²) in [6.07, 6.45) is 9.21. The molecule has 0 spiro atoms. The Morgan fingerprint density at radius 3 is 2.46 bits per heavy atom. The first-order valence-electron chi connectivity index (χ1n) is 12.6. The number of benzene rings is 1. The molecular weight excluding hydrogens is 507 g/mol. The summed E-state index contributed by atoms with van der Waals surface area (Å²) >= 11 is 3.87. The third-order valence-electron chi connectivity index (χ3n) is 6.57. The summed E-state index contributed by atoms with van der Waals surface area (Å²) in [5.41, 5.74) is 5.59. The highest BCUT2D eigenvalue weighted by molar-refractivity contribution is 9.10. The summed E-state index contributed by atoms with van der Waals surface area (Å²) in [6.45, 7) is 17.1. The standard InChI is InChI=1S/C30H40BrFO3/c1-9-20(6)22-15-16-30(7,8)27-23(22)18-24(29(28(27)31)35-12-4)21(10-2)25(32)14-13-19(5)17-26(33)34-11-3/h13-15,17-18,20H,9-12,16H2,1-8H3/b14-13+,19-17+,25-21+. The normalized spacial score (nSPS) is 17.0. The van der Waals surface area contributed by atoms with Gasteiger partial charge in [-0.05, 0) is 107 Å². The lowest BCUT2D eigenvalue weighted by Crippen LogP contribution is -2.24. The average Bonchev–Trinajstić information content (AvgIpc) is 2.79. The largest absolute Gasteiger partial charge is 0.492 e. The van der Waals surface area contributed by atoms with E-state index in [4.69, 9.17) is 9.47 Å². The van der Waals surface area contributed by atoms with Gasteiger partial charge in [0.15, 0.2) is 0 Å². The van der Waals surface area contributed by atoms with Crippen LogP contribution in [0.15, 0.2) is 46.2 Å². The molecule has 1 aromatic rings. The quantitative estimate of drug-likeness (QED) is 0.167. The topological polar surface area (TPSA) is 35.5 Å². The highest BCUT2D eigenvalue weighted by Crippen LogP contribution is 2.51. The highest BCUT2D eigenvalue weighted by atomic mass is 79.9. The number of carbonyl (C=O) groups excluding carboxylic acids is 1. The first-order chi connectivity index (χ1) is 16.5. The van der Waals surface area contributed by atoms with E-state index in [-0.39, 0.29) is 11.2 Å². The zero-order valence-electron chi connectivity index (χ0n) is 22.5. The summed E-state index contributed by atoms with van der Waals surface area (Å²) in [4.78, 5) is 11.7. The predicted molar refractivity (Wildman–Crippen MR) is 148 cm³/mol. The Morgan fingerprint density at radius 1 is 1.20 bits per heavy atom. The predicted octanol–water partition coefficient (Wildman–Crippen LogP) is 9.11. The van der Waals surface area contributed by atoms with Crippen molar-refractivity contribution in [1.82, 2.24) is 0 Å². The number of ether oxygens (including phenoxy) is 2. The van der Waals surface area contributed by atoms with Gasteiger partial charge in [-0.15, -0.1) is 0 Å². The Morgan fingerprint density at radius 2 is 1.89 bits per heavy atom. The molecule has 0 amide bonds. The van der Waals surface area contributed by atoms with Gasteiger partial charge in [0.25, 0.3) is 0 Å². The molecule has 0 heterocycles. The Labute approximate surface area is 219 Å². The Bertz CT molecular complexity index is 1060. The van der Waals surface area contributed by atoms with Crippen LogP contribution in [0, 0.1) is 5.92 Å². The molecule has 3 nitrogen and oxygen atoms in total. The Balaban J connectivity index is 2.73. The number of rotatable bonds is 10. The lowest BCUT2D eigenvalue weighted by Gasteiger charge is -2.36. The van der Waals surface area contributed by atoms with Crippen molar-refractivity contribution >= 4 is 33.0 Å². The van der Waals surface area contributed by atoms with E-state index in [1.165, 1.54) is 28.9 Å². The van der Waals surface area contributed by atoms with Crippen LogP contribution in [0.5, 0.6) is 5.75 Å². The fourth-order valence-electron chi connectivity index (χ4n) is 4.51. The SMILES string of the molecule is CCOC(=O)/C=C(C)/C=C/C(F)=C(/CC)c1cc2c(c(Br)c1OCC)C(C)(C)CC=C2C(C)CC. The van der Waals surface area contributed by atoms with Crippen molar-refractivity contribution in [2.24, 2.45) is 5.92 Å². The molecule has 0 bridgehead atoms. The van der Waals surface area contributed by atoms with Crippen molar-refractivity contribution in [3.8, 4) is 5.75 Å². The molecule has 0 fully saturated rings. The van der Waals surface area contributed by atoms with Crippen LogP contribution in [0.4, 0.5) is 4.39 Å². The van der Waals surface area contributed by atoms with Crippen LogP contribution in [0.25, 0.3) is 11.1 Å². The second kappa shape index (κ2) is 12.7. The summed E-state index contributed by atoms with van der Waals surface area (Å²) in [7, 11) is 0. The van der Waals surface area contributed by atoms with Gasteiger partial charge >= 0.3 is 5.97 Å². The lowest BCUT2D eigenvalue weighted by molar-refractivity contribution is -0.137. The van der Waals surface area contributed by atoms with Crippen molar-refractivity contribution in [1.29, 1.82) is 0 Å². The molecule has 5 heteroatoms. The van der Waals surface area contributed by atoms with Gasteiger partial charge in [-0.2, -0.15) is 0 Å². The zero-order valence-corrected chi connectivity index (χ0v) is 24.1. The van der Waals surface area contributed by atoms with Crippen LogP contribution < -0.4 is 4.74 Å². The fraction of sp³-hybridized carbons (Fsp3) is 0.500. The van der Waals surface area contributed by atoms with E-state index in [9.17, 15) is 4.79 Å². The van der Waals surface area contributed by atoms with Gasteiger partial charge in [0.05, 0.1) is 17.7 Å². The maximum atomic E-state index is 15.6. The van der Waals surface area contributed by atoms with Gasteiger partial charge < -0.3 is 9.47 Å². The second-order valence-corrected chi connectivity index (χ2v) is 10.4. The van der Waals surface area contributed by atoms with Gasteiger partial charge in [0.1, 0.15) is 11.6 Å². The van der Waals surface area contributed by atoms with Crippen LogP contribution in [-0.4, -0.2) is 19.2 Å². The fourth-order valence-corrected chi connectivity index (χ4v) is 5.58. The number of hydrogen-bond donors (Lipinski definition) is 0. The molecular formula is C30H40BrFO3. The number of hydrogen-bond acceptors (Lipinski definition) is 3. The third kappa shape index (κ3) is 6.75. The van der Waals surface area contributed by atoms with E-state index < -0.39 is 5.97 Å². The minimum absolute atomic E-state index is 0.0704. The molecule has 0 radical (unpaired) electrons. The minimum Gasteiger partial charge on any atom is -0.492 e. The molecule has 0 saturated carbocycles. The summed E-state index contributed by atoms with van der Waals surface area (Å²) < 4.78 is 27.6. The number of fused-ring (bicyclic) bond motifs is 1. The van der Waals surface area contributed by atoms with E-state index in [1.54, 1.807) is 19.9 Å². The van der Waals surface area contributed by atoms with Crippen LogP contribution in [-0.2, 0) is 14.9 Å². The Kier molecular flexibility index (Phi) is 10.6. The van der Waals surface area contributed by atoms with Gasteiger partial charge in [-0.1, -0.05) is 46.8 Å². The maximum absolute atomic E-state index is 15.6. The molecule has 1 unspecified atom stereocenters. The van der Waals surface area contributed by atoms with E-state index in [1.807, 2.05) is 13.8 Å². The first-order valence-corrected chi connectivity index (χ1v) is 13.4. The van der Waals surface area contributed by atoms with E-state index in [2.05, 4.69) is 55.8 Å². The van der Waals surface area contributed by atoms with Crippen LogP contribution in [0.1, 0.15) is 91.3 Å². The molecule has 1 aliphatic carbocycles. The van der Waals surface area contributed by atoms with Crippen molar-refractivity contribution in [2.75, 3.05) is 13.2 Å². The van der Waals surface area contributed by atoms with Crippen molar-refractivity contribution in [2.45, 2.75) is 80.1 Å². The lowest BCUT2D eigenvalue weighted by atomic mass is 9.70. The van der Waals surface area contributed by atoms with E-state index >= 15 is 4.39 Å². The zero-order chi connectivity index (χ0) is 26.3. The molecule has 192 valence electrons. The average molecular weight is 548 g/mol. The maximum Gasteiger partial charge on any atom is 0.330 e. The molecule has 0 saturated heterocycles. The molecule has 1 aliphatic rings.